The van der Waals surface area contributed by atoms with Crippen molar-refractivity contribution in [1.29, 1.82) is 0 Å². The summed E-state index contributed by atoms with van der Waals surface area (Å²) in [6.07, 6.45) is -1.69. The molecule has 1 spiro atoms. The van der Waals surface area contributed by atoms with Gasteiger partial charge in [0.1, 0.15) is 0 Å². The second-order valence-corrected chi connectivity index (χ2v) is 6.17. The molecule has 120 valence electrons. The van der Waals surface area contributed by atoms with Gasteiger partial charge in [-0.3, -0.25) is 4.79 Å². The van der Waals surface area contributed by atoms with Crippen molar-refractivity contribution in [1.82, 2.24) is 10.2 Å². The van der Waals surface area contributed by atoms with Gasteiger partial charge in [-0.15, -0.1) is 0 Å². The van der Waals surface area contributed by atoms with Crippen molar-refractivity contribution in [3.8, 4) is 0 Å². The van der Waals surface area contributed by atoms with Gasteiger partial charge in [0, 0.05) is 18.6 Å². The Bertz CT molecular complexity index is 557. The molecule has 0 aliphatic carbocycles. The predicted octanol–water partition coefficient (Wildman–Crippen LogP) is 2.60. The quantitative estimate of drug-likeness (QED) is 0.910. The van der Waals surface area contributed by atoms with Crippen molar-refractivity contribution in [2.45, 2.75) is 37.4 Å². The van der Waals surface area contributed by atoms with Gasteiger partial charge >= 0.3 is 6.18 Å². The molecule has 2 fully saturated rings. The number of alkyl halides is 3. The lowest BCUT2D eigenvalue weighted by atomic mass is 9.79. The van der Waals surface area contributed by atoms with Gasteiger partial charge in [-0.1, -0.05) is 18.2 Å². The van der Waals surface area contributed by atoms with Gasteiger partial charge in [-0.2, -0.15) is 13.2 Å². The number of rotatable bonds is 2. The monoisotopic (exact) mass is 312 g/mol. The number of nitrogens with zero attached hydrogens (tertiary/aromatic N) is 1. The lowest BCUT2D eigenvalue weighted by molar-refractivity contribution is -0.139. The van der Waals surface area contributed by atoms with Crippen LogP contribution in [0, 0.1) is 0 Å². The number of hydrogen-bond donors (Lipinski definition) is 1. The lowest BCUT2D eigenvalue weighted by Gasteiger charge is -2.49. The zero-order valence-electron chi connectivity index (χ0n) is 12.2. The normalized spacial score (nSPS) is 20.8. The first-order chi connectivity index (χ1) is 10.4. The number of carbonyl (C=O) groups excluding carboxylic acids is 1. The van der Waals surface area contributed by atoms with Crippen LogP contribution in [0.5, 0.6) is 0 Å². The Hall–Kier alpha value is -1.56. The van der Waals surface area contributed by atoms with E-state index >= 15 is 0 Å². The number of nitrogens with one attached hydrogen (secondary N) is 1. The molecule has 1 aromatic rings. The summed E-state index contributed by atoms with van der Waals surface area (Å²) in [4.78, 5) is 14.0. The van der Waals surface area contributed by atoms with Crippen molar-refractivity contribution < 1.29 is 18.0 Å². The lowest BCUT2D eigenvalue weighted by Crippen LogP contribution is -2.62. The summed E-state index contributed by atoms with van der Waals surface area (Å²) >= 11 is 0. The molecule has 0 aromatic heterocycles. The fraction of sp³-hybridized carbons (Fsp3) is 0.562. The van der Waals surface area contributed by atoms with Crippen LogP contribution in [-0.4, -0.2) is 36.0 Å². The summed E-state index contributed by atoms with van der Waals surface area (Å²) in [5.74, 6) is -0.217. The average molecular weight is 312 g/mol. The molecule has 0 saturated carbocycles. The van der Waals surface area contributed by atoms with Crippen molar-refractivity contribution in [2.24, 2.45) is 0 Å². The second kappa shape index (κ2) is 5.57. The van der Waals surface area contributed by atoms with E-state index in [0.717, 1.165) is 31.9 Å². The predicted molar refractivity (Wildman–Crippen MR) is 76.3 cm³/mol. The van der Waals surface area contributed by atoms with Crippen LogP contribution in [0.25, 0.3) is 0 Å². The number of amides is 1. The van der Waals surface area contributed by atoms with Gasteiger partial charge in [-0.25, -0.2) is 0 Å². The minimum Gasteiger partial charge on any atom is -0.342 e. The van der Waals surface area contributed by atoms with Crippen molar-refractivity contribution in [3.63, 3.8) is 0 Å². The fourth-order valence-corrected chi connectivity index (χ4v) is 3.32. The molecule has 1 amide bonds. The highest BCUT2D eigenvalue weighted by Gasteiger charge is 2.40. The van der Waals surface area contributed by atoms with Gasteiger partial charge in [0.15, 0.2) is 0 Å². The maximum absolute atomic E-state index is 13.0. The summed E-state index contributed by atoms with van der Waals surface area (Å²) in [5.41, 5.74) is -0.472. The van der Waals surface area contributed by atoms with Crippen LogP contribution >= 0.6 is 0 Å². The molecule has 0 unspecified atom stereocenters. The molecule has 2 saturated heterocycles. The highest BCUT2D eigenvalue weighted by molar-refractivity contribution is 5.79. The van der Waals surface area contributed by atoms with Gasteiger partial charge < -0.3 is 10.2 Å². The van der Waals surface area contributed by atoms with Gasteiger partial charge in [0.25, 0.3) is 0 Å². The summed E-state index contributed by atoms with van der Waals surface area (Å²) in [5, 5.41) is 3.41. The van der Waals surface area contributed by atoms with Crippen LogP contribution in [0.1, 0.15) is 30.4 Å². The maximum Gasteiger partial charge on any atom is 0.416 e. The third-order valence-corrected chi connectivity index (χ3v) is 4.84. The first-order valence-corrected chi connectivity index (χ1v) is 7.58. The first-order valence-electron chi connectivity index (χ1n) is 7.58. The van der Waals surface area contributed by atoms with Gasteiger partial charge in [0.05, 0.1) is 12.0 Å². The largest absolute Gasteiger partial charge is 0.416 e. The summed E-state index contributed by atoms with van der Waals surface area (Å²) in [7, 11) is 0. The molecule has 6 heteroatoms. The van der Waals surface area contributed by atoms with E-state index in [2.05, 4.69) is 5.32 Å². The van der Waals surface area contributed by atoms with E-state index in [1.165, 1.54) is 12.1 Å². The number of likely N-dealkylation sites (tertiary alicyclic amines) is 1. The molecule has 0 bridgehead atoms. The molecule has 2 aliphatic rings. The Labute approximate surface area is 127 Å². The van der Waals surface area contributed by atoms with E-state index in [9.17, 15) is 18.0 Å². The summed E-state index contributed by atoms with van der Waals surface area (Å²) in [6, 6.07) is 5.32. The minimum atomic E-state index is -4.42. The molecular formula is C16H19F3N2O. The van der Waals surface area contributed by atoms with Crippen molar-refractivity contribution in [3.05, 3.63) is 35.4 Å². The molecule has 22 heavy (non-hydrogen) atoms. The Morgan fingerprint density at radius 1 is 1.18 bits per heavy atom. The minimum absolute atomic E-state index is 0.0575. The number of hydrogen-bond acceptors (Lipinski definition) is 2. The Kier molecular flexibility index (Phi) is 3.89. The smallest absolute Gasteiger partial charge is 0.342 e. The van der Waals surface area contributed by atoms with Crippen LogP contribution in [0.2, 0.25) is 0 Å². The molecule has 0 atom stereocenters. The molecule has 0 radical (unpaired) electrons. The SMILES string of the molecule is O=C(Cc1ccccc1C(F)(F)F)N1CCC2(CCN2)CC1. The van der Waals surface area contributed by atoms with Crippen molar-refractivity contribution in [2.75, 3.05) is 19.6 Å². The Morgan fingerprint density at radius 2 is 1.82 bits per heavy atom. The molecular weight excluding hydrogens is 293 g/mol. The zero-order chi connectivity index (χ0) is 15.8. The third kappa shape index (κ3) is 2.97. The summed E-state index contributed by atoms with van der Waals surface area (Å²) < 4.78 is 38.9. The Morgan fingerprint density at radius 3 is 2.36 bits per heavy atom. The fourth-order valence-electron chi connectivity index (χ4n) is 3.32. The molecule has 1 aromatic carbocycles. The molecule has 3 nitrogen and oxygen atoms in total. The average Bonchev–Trinajstić information content (AvgIpc) is 2.45. The van der Waals surface area contributed by atoms with E-state index in [1.54, 1.807) is 11.0 Å². The summed E-state index contributed by atoms with van der Waals surface area (Å²) in [6.45, 7) is 2.27. The van der Waals surface area contributed by atoms with E-state index in [4.69, 9.17) is 0 Å². The van der Waals surface area contributed by atoms with E-state index in [0.29, 0.717) is 13.1 Å². The third-order valence-electron chi connectivity index (χ3n) is 4.84. The van der Waals surface area contributed by atoms with Gasteiger partial charge in [0.2, 0.25) is 5.91 Å². The van der Waals surface area contributed by atoms with E-state index in [-0.39, 0.29) is 23.4 Å². The zero-order valence-corrected chi connectivity index (χ0v) is 12.2. The van der Waals surface area contributed by atoms with Gasteiger partial charge in [-0.05, 0) is 37.4 Å². The van der Waals surface area contributed by atoms with Crippen LogP contribution in [0.4, 0.5) is 13.2 Å². The van der Waals surface area contributed by atoms with E-state index < -0.39 is 11.7 Å². The van der Waals surface area contributed by atoms with Crippen molar-refractivity contribution >= 4 is 5.91 Å². The number of halogens is 3. The number of piperidine rings is 1. The standard InChI is InChI=1S/C16H19F3N2O/c17-16(18,19)13-4-2-1-3-12(13)11-14(22)21-9-6-15(7-10-21)5-8-20-15/h1-4,20H,5-11H2. The number of carbonyl (C=O) groups is 1. The van der Waals surface area contributed by atoms with E-state index in [1.807, 2.05) is 0 Å². The topological polar surface area (TPSA) is 32.3 Å². The molecule has 3 rings (SSSR count). The van der Waals surface area contributed by atoms with Crippen LogP contribution < -0.4 is 5.32 Å². The molecule has 1 N–H and O–H groups in total. The molecule has 2 heterocycles. The highest BCUT2D eigenvalue weighted by atomic mass is 19.4. The molecule has 2 aliphatic heterocycles. The second-order valence-electron chi connectivity index (χ2n) is 6.17. The number of benzene rings is 1. The van der Waals surface area contributed by atoms with Crippen LogP contribution in [0.3, 0.4) is 0 Å². The Balaban J connectivity index is 1.65. The highest BCUT2D eigenvalue weighted by Crippen LogP contribution is 2.33. The maximum atomic E-state index is 13.0. The van der Waals surface area contributed by atoms with Crippen LogP contribution in [-0.2, 0) is 17.4 Å². The van der Waals surface area contributed by atoms with Crippen LogP contribution in [0.15, 0.2) is 24.3 Å². The first kappa shape index (κ1) is 15.3.